The second-order valence-corrected chi connectivity index (χ2v) is 16.3. The molecule has 10 rings (SSSR count). The van der Waals surface area contributed by atoms with Gasteiger partial charge in [-0.15, -0.1) is 11.3 Å². The molecule has 0 atom stereocenters. The summed E-state index contributed by atoms with van der Waals surface area (Å²) in [5.41, 5.74) is 15.5. The van der Waals surface area contributed by atoms with Crippen molar-refractivity contribution in [1.29, 1.82) is 0 Å². The van der Waals surface area contributed by atoms with E-state index < -0.39 is 0 Å². The average molecular weight is 812 g/mol. The average Bonchev–Trinajstić information content (AvgIpc) is 3.76. The second kappa shape index (κ2) is 17.1. The Morgan fingerprint density at radius 1 is 0.435 bits per heavy atom. The lowest BCUT2D eigenvalue weighted by molar-refractivity contribution is 1.41. The van der Waals surface area contributed by atoms with E-state index in [2.05, 4.69) is 213 Å². The van der Waals surface area contributed by atoms with Gasteiger partial charge >= 0.3 is 0 Å². The molecule has 62 heavy (non-hydrogen) atoms. The van der Waals surface area contributed by atoms with E-state index >= 15 is 0 Å². The Bertz CT molecular complexity index is 3240. The van der Waals surface area contributed by atoms with Gasteiger partial charge in [-0.05, 0) is 57.5 Å². The summed E-state index contributed by atoms with van der Waals surface area (Å²) >= 11 is 1.84. The molecule has 8 aromatic carbocycles. The molecule has 0 aliphatic heterocycles. The number of nitrogens with zero attached hydrogens (tertiary/aromatic N) is 3. The Morgan fingerprint density at radius 2 is 0.887 bits per heavy atom. The molecule has 2 aromatic heterocycles. The van der Waals surface area contributed by atoms with Crippen LogP contribution < -0.4 is 0 Å². The summed E-state index contributed by atoms with van der Waals surface area (Å²) in [7, 11) is 0. The smallest absolute Gasteiger partial charge is 0.160 e. The third kappa shape index (κ3) is 7.72. The topological polar surface area (TPSA) is 37.6 Å². The lowest BCUT2D eigenvalue weighted by Gasteiger charge is -2.12. The molecule has 0 radical (unpaired) electrons. The summed E-state index contributed by atoms with van der Waals surface area (Å²) in [5.74, 6) is 0.598. The molecule has 3 nitrogen and oxygen atoms in total. The Kier molecular flexibility index (Phi) is 10.6. The quantitative estimate of drug-likeness (QED) is 0.106. The van der Waals surface area contributed by atoms with E-state index in [1.807, 2.05) is 30.4 Å². The van der Waals surface area contributed by atoms with Crippen LogP contribution in [0.1, 0.15) is 23.6 Å². The van der Waals surface area contributed by atoms with Gasteiger partial charge in [0.05, 0.1) is 16.9 Å². The minimum atomic E-state index is 0.598. The molecule has 0 N–H and O–H groups in total. The highest BCUT2D eigenvalue weighted by Crippen LogP contribution is 2.50. The van der Waals surface area contributed by atoms with Gasteiger partial charge in [0.15, 0.2) is 5.84 Å². The molecular formula is C58H41N3S. The fourth-order valence-corrected chi connectivity index (χ4v) is 9.40. The van der Waals surface area contributed by atoms with E-state index in [9.17, 15) is 0 Å². The monoisotopic (exact) mass is 811 g/mol. The van der Waals surface area contributed by atoms with Gasteiger partial charge in [-0.3, -0.25) is 0 Å². The lowest BCUT2D eigenvalue weighted by atomic mass is 9.94. The molecule has 10 aromatic rings. The molecule has 294 valence electrons. The highest BCUT2D eigenvalue weighted by atomic mass is 32.1. The normalized spacial score (nSPS) is 11.9. The maximum Gasteiger partial charge on any atom is 0.160 e. The SMILES string of the molecule is C=C(/N=C(\N=C(/C)c1ccc(-c2ccccc2)cc1)c1ccc(-c2ccccc2)cc1)c1ccc(-c2nc3ccccc3c3sc(-c4ccccc4)c(-c4ccccc4)c23)cc1. The second-order valence-electron chi connectivity index (χ2n) is 15.3. The number of rotatable bonds is 9. The Morgan fingerprint density at radius 3 is 1.47 bits per heavy atom. The molecule has 0 aliphatic carbocycles. The van der Waals surface area contributed by atoms with Crippen molar-refractivity contribution in [2.45, 2.75) is 6.92 Å². The fraction of sp³-hybridized carbons (Fsp3) is 0.0172. The number of para-hydroxylation sites is 1. The number of fused-ring (bicyclic) bond motifs is 3. The predicted octanol–water partition coefficient (Wildman–Crippen LogP) is 15.7. The van der Waals surface area contributed by atoms with Gasteiger partial charge in [0, 0.05) is 42.8 Å². The van der Waals surface area contributed by atoms with Crippen molar-refractivity contribution in [1.82, 2.24) is 4.98 Å². The molecule has 0 amide bonds. The van der Waals surface area contributed by atoms with Crippen LogP contribution in [0.5, 0.6) is 0 Å². The first-order valence-corrected chi connectivity index (χ1v) is 21.6. The van der Waals surface area contributed by atoms with Crippen molar-refractivity contribution >= 4 is 49.6 Å². The Labute approximate surface area is 366 Å². The molecule has 0 fully saturated rings. The van der Waals surface area contributed by atoms with E-state index in [1.54, 1.807) is 0 Å². The van der Waals surface area contributed by atoms with Crippen molar-refractivity contribution in [3.63, 3.8) is 0 Å². The minimum absolute atomic E-state index is 0.598. The first-order chi connectivity index (χ1) is 30.6. The maximum absolute atomic E-state index is 5.38. The standard InChI is InChI=1S/C58H41N3S/c1-39(41-27-31-45(32-28-41)43-17-7-3-8-18-43)59-58(50-37-33-46(34-38-50)44-19-9-4-10-20-44)60-40(2)42-29-35-48(36-30-42)55-54-53(47-21-11-5-12-22-47)56(49-23-13-6-14-24-49)62-57(54)51-25-15-16-26-52(51)61-55/h3-38H,2H2,1H3/b59-39+,60-58-. The van der Waals surface area contributed by atoms with E-state index in [4.69, 9.17) is 15.0 Å². The minimum Gasteiger partial charge on any atom is -0.247 e. The molecule has 4 heteroatoms. The zero-order valence-electron chi connectivity index (χ0n) is 34.2. The van der Waals surface area contributed by atoms with Gasteiger partial charge in [-0.1, -0.05) is 219 Å². The van der Waals surface area contributed by atoms with Gasteiger partial charge in [-0.2, -0.15) is 0 Å². The first-order valence-electron chi connectivity index (χ1n) is 20.8. The van der Waals surface area contributed by atoms with E-state index in [0.717, 1.165) is 66.6 Å². The van der Waals surface area contributed by atoms with Crippen molar-refractivity contribution < 1.29 is 0 Å². The number of hydrogen-bond acceptors (Lipinski definition) is 3. The van der Waals surface area contributed by atoms with Crippen LogP contribution in [0.15, 0.2) is 235 Å². The van der Waals surface area contributed by atoms with Crippen LogP contribution in [0.4, 0.5) is 0 Å². The molecule has 0 aliphatic rings. The van der Waals surface area contributed by atoms with Crippen molar-refractivity contribution in [2.24, 2.45) is 9.98 Å². The lowest BCUT2D eigenvalue weighted by Crippen LogP contribution is -2.04. The fourth-order valence-electron chi connectivity index (χ4n) is 8.04. The maximum atomic E-state index is 5.38. The molecule has 0 saturated heterocycles. The number of thiophene rings is 1. The zero-order chi connectivity index (χ0) is 41.8. The summed E-state index contributed by atoms with van der Waals surface area (Å²) in [6, 6.07) is 76.2. The van der Waals surface area contributed by atoms with E-state index in [0.29, 0.717) is 11.5 Å². The van der Waals surface area contributed by atoms with Gasteiger partial charge in [0.1, 0.15) is 0 Å². The Balaban J connectivity index is 1.05. The molecular weight excluding hydrogens is 771 g/mol. The van der Waals surface area contributed by atoms with E-state index in [-0.39, 0.29) is 0 Å². The number of benzene rings is 8. The van der Waals surface area contributed by atoms with Crippen LogP contribution in [0, 0.1) is 0 Å². The highest BCUT2D eigenvalue weighted by molar-refractivity contribution is 7.24. The van der Waals surface area contributed by atoms with Gasteiger partial charge < -0.3 is 0 Å². The number of hydrogen-bond donors (Lipinski definition) is 0. The zero-order valence-corrected chi connectivity index (χ0v) is 35.1. The third-order valence-corrected chi connectivity index (χ3v) is 12.6. The van der Waals surface area contributed by atoms with Crippen LogP contribution in [0.25, 0.3) is 81.8 Å². The number of amidine groups is 1. The summed E-state index contributed by atoms with van der Waals surface area (Å²) in [6.45, 7) is 6.53. The van der Waals surface area contributed by atoms with Crippen LogP contribution in [-0.4, -0.2) is 16.5 Å². The molecule has 0 spiro atoms. The van der Waals surface area contributed by atoms with Crippen molar-refractivity contribution in [3.05, 3.63) is 242 Å². The number of pyridine rings is 1. The van der Waals surface area contributed by atoms with Crippen molar-refractivity contribution in [2.75, 3.05) is 0 Å². The van der Waals surface area contributed by atoms with Gasteiger partial charge in [0.2, 0.25) is 0 Å². The largest absolute Gasteiger partial charge is 0.247 e. The van der Waals surface area contributed by atoms with E-state index in [1.165, 1.54) is 31.8 Å². The van der Waals surface area contributed by atoms with Gasteiger partial charge in [-0.25, -0.2) is 15.0 Å². The van der Waals surface area contributed by atoms with Crippen LogP contribution in [-0.2, 0) is 0 Å². The summed E-state index contributed by atoms with van der Waals surface area (Å²) in [5, 5.41) is 2.31. The van der Waals surface area contributed by atoms with Crippen molar-refractivity contribution in [3.8, 4) is 55.1 Å². The van der Waals surface area contributed by atoms with Crippen LogP contribution in [0.2, 0.25) is 0 Å². The third-order valence-electron chi connectivity index (χ3n) is 11.3. The molecule has 0 bridgehead atoms. The predicted molar refractivity (Wildman–Crippen MR) is 265 cm³/mol. The van der Waals surface area contributed by atoms with Crippen LogP contribution >= 0.6 is 11.3 Å². The molecule has 0 unspecified atom stereocenters. The summed E-state index contributed by atoms with van der Waals surface area (Å²) < 4.78 is 1.23. The highest BCUT2D eigenvalue weighted by Gasteiger charge is 2.22. The summed E-state index contributed by atoms with van der Waals surface area (Å²) in [4.78, 5) is 16.9. The van der Waals surface area contributed by atoms with Crippen LogP contribution in [0.3, 0.4) is 0 Å². The number of aliphatic imine (C=N–C) groups is 2. The molecule has 0 saturated carbocycles. The summed E-state index contributed by atoms with van der Waals surface area (Å²) in [6.07, 6.45) is 0. The Hall–Kier alpha value is -7.79. The number of aromatic nitrogens is 1. The first kappa shape index (κ1) is 38.4. The van der Waals surface area contributed by atoms with Gasteiger partial charge in [0.25, 0.3) is 0 Å². The molecule has 2 heterocycles.